The van der Waals surface area contributed by atoms with Crippen LogP contribution in [0.2, 0.25) is 5.02 Å². The van der Waals surface area contributed by atoms with Crippen LogP contribution in [0.5, 0.6) is 0 Å². The predicted molar refractivity (Wildman–Crippen MR) is 157 cm³/mol. The van der Waals surface area contributed by atoms with Crippen molar-refractivity contribution in [3.05, 3.63) is 86.2 Å². The van der Waals surface area contributed by atoms with E-state index >= 15 is 0 Å². The fourth-order valence-corrected chi connectivity index (χ4v) is 2.27. The molecular formula is C22H31Cl3N8O7. The van der Waals surface area contributed by atoms with Crippen LogP contribution in [0, 0.1) is 20.2 Å². The number of ketones is 1. The van der Waals surface area contributed by atoms with E-state index in [2.05, 4.69) is 25.0 Å². The maximum atomic E-state index is 11.6. The lowest BCUT2D eigenvalue weighted by molar-refractivity contribution is -0.385. The van der Waals surface area contributed by atoms with Crippen LogP contribution < -0.4 is 16.8 Å². The number of nitrogen functional groups attached to an aromatic ring is 2. The molecule has 15 nitrogen and oxygen atoms in total. The summed E-state index contributed by atoms with van der Waals surface area (Å²) in [5.41, 5.74) is 11.0. The van der Waals surface area contributed by atoms with Gasteiger partial charge < -0.3 is 21.5 Å². The Labute approximate surface area is 247 Å². The number of amides is 1. The molecule has 0 bridgehead atoms. The van der Waals surface area contributed by atoms with E-state index in [0.717, 1.165) is 6.20 Å². The Kier molecular flexibility index (Phi) is 24.2. The first-order valence-corrected chi connectivity index (χ1v) is 10.2. The van der Waals surface area contributed by atoms with Crippen LogP contribution in [0.15, 0.2) is 55.2 Å². The zero-order valence-electron chi connectivity index (χ0n) is 19.6. The highest BCUT2D eigenvalue weighted by Crippen LogP contribution is 2.20. The van der Waals surface area contributed by atoms with Gasteiger partial charge >= 0.3 is 11.8 Å². The molecule has 1 amide bonds. The van der Waals surface area contributed by atoms with E-state index in [1.165, 1.54) is 36.8 Å². The van der Waals surface area contributed by atoms with Crippen molar-refractivity contribution in [2.75, 3.05) is 24.6 Å². The summed E-state index contributed by atoms with van der Waals surface area (Å²) >= 11 is 5.44. The molecule has 3 aromatic heterocycles. The lowest BCUT2D eigenvalue weighted by Crippen LogP contribution is -2.30. The quantitative estimate of drug-likeness (QED) is 0.188. The van der Waals surface area contributed by atoms with Gasteiger partial charge in [-0.2, -0.15) is 0 Å². The maximum Gasteiger partial charge on any atom is 0.407 e. The van der Waals surface area contributed by atoms with Crippen LogP contribution in [0.3, 0.4) is 0 Å². The predicted octanol–water partition coefficient (Wildman–Crippen LogP) is 4.92. The number of carbonyl (C=O) groups excluding carboxylic acids is 2. The Hall–Kier alpha value is -4.34. The summed E-state index contributed by atoms with van der Waals surface area (Å²) < 4.78 is 4.55. The fourth-order valence-electron chi connectivity index (χ4n) is 2.10. The van der Waals surface area contributed by atoms with Crippen LogP contribution in [-0.2, 0) is 4.74 Å². The molecule has 0 aliphatic heterocycles. The Morgan fingerprint density at radius 3 is 1.98 bits per heavy atom. The second-order valence-corrected chi connectivity index (χ2v) is 6.62. The monoisotopic (exact) mass is 624 g/mol. The number of nitrogens with one attached hydrogen (secondary N) is 1. The zero-order chi connectivity index (χ0) is 27.1. The molecular weight excluding hydrogens is 595 g/mol. The van der Waals surface area contributed by atoms with Crippen LogP contribution in [-0.4, -0.2) is 49.8 Å². The first-order chi connectivity index (χ1) is 17.1. The number of halogens is 3. The van der Waals surface area contributed by atoms with Crippen molar-refractivity contribution in [3.8, 4) is 0 Å². The number of alkyl carbamates (subject to hydrolysis) is 1. The van der Waals surface area contributed by atoms with Gasteiger partial charge in [-0.15, -0.1) is 24.8 Å². The Morgan fingerprint density at radius 2 is 1.52 bits per heavy atom. The van der Waals surface area contributed by atoms with Crippen LogP contribution in [0.1, 0.15) is 32.3 Å². The molecule has 3 aromatic rings. The molecule has 0 aliphatic carbocycles. The summed E-state index contributed by atoms with van der Waals surface area (Å²) in [6, 6.07) is 5.56. The molecule has 0 unspecified atom stereocenters. The van der Waals surface area contributed by atoms with Gasteiger partial charge in [-0.05, 0) is 25.1 Å². The average molecular weight is 626 g/mol. The second kappa shape index (κ2) is 22.6. The maximum absolute atomic E-state index is 11.6. The van der Waals surface area contributed by atoms with Gasteiger partial charge in [0.2, 0.25) is 5.78 Å². The molecule has 3 heterocycles. The van der Waals surface area contributed by atoms with Gasteiger partial charge in [-0.25, -0.2) is 9.78 Å². The molecule has 0 radical (unpaired) electrons. The Morgan fingerprint density at radius 1 is 0.950 bits per heavy atom. The smallest absolute Gasteiger partial charge is 0.407 e. The van der Waals surface area contributed by atoms with Gasteiger partial charge in [0, 0.05) is 24.7 Å². The first-order valence-electron chi connectivity index (χ1n) is 9.80. The molecule has 18 heteroatoms. The van der Waals surface area contributed by atoms with Crippen molar-refractivity contribution in [3.63, 3.8) is 0 Å². The minimum Gasteiger partial charge on any atom is -0.450 e. The summed E-state index contributed by atoms with van der Waals surface area (Å²) in [5.74, 6) is -0.657. The van der Waals surface area contributed by atoms with Crippen molar-refractivity contribution in [2.45, 2.75) is 21.8 Å². The standard InChI is InChI=1S/C10H11N3O5.C5H3ClN2O2.C5H7N3.2CH4.2ClH/c1-2-18-10(15)12-6-8(14)9-7(13(16)17)4-3-5-11-9;6-4-1-2-7-3-5(4)8(9)10;6-4-1-2-8-3-5(4)7;;;;/h3-5H,2,6H2,1H3,(H,12,15);1-3H;1-3H,7H2,(H2,6,8);2*1H4;2*1H. The van der Waals surface area contributed by atoms with Crippen molar-refractivity contribution < 1.29 is 24.2 Å². The minimum absolute atomic E-state index is 0. The van der Waals surface area contributed by atoms with E-state index in [9.17, 15) is 29.8 Å². The Bertz CT molecular complexity index is 1200. The molecule has 222 valence electrons. The summed E-state index contributed by atoms with van der Waals surface area (Å²) in [7, 11) is 0. The van der Waals surface area contributed by atoms with Gasteiger partial charge in [-0.1, -0.05) is 26.5 Å². The van der Waals surface area contributed by atoms with Crippen LogP contribution in [0.4, 0.5) is 27.5 Å². The number of ether oxygens (including phenoxy) is 1. The van der Waals surface area contributed by atoms with Crippen molar-refractivity contribution in [2.24, 2.45) is 0 Å². The third kappa shape index (κ3) is 15.2. The first kappa shape index (κ1) is 42.7. The molecule has 40 heavy (non-hydrogen) atoms. The van der Waals surface area contributed by atoms with E-state index in [0.29, 0.717) is 11.4 Å². The van der Waals surface area contributed by atoms with E-state index in [4.69, 9.17) is 23.1 Å². The van der Waals surface area contributed by atoms with E-state index < -0.39 is 34.0 Å². The third-order valence-electron chi connectivity index (χ3n) is 3.75. The number of nitro groups is 2. The number of nitrogens with zero attached hydrogens (tertiary/aromatic N) is 5. The normalized spacial score (nSPS) is 8.45. The Balaban J connectivity index is -0.000000252. The van der Waals surface area contributed by atoms with Gasteiger partial charge in [0.1, 0.15) is 11.2 Å². The van der Waals surface area contributed by atoms with E-state index in [1.54, 1.807) is 19.2 Å². The van der Waals surface area contributed by atoms with Crippen molar-refractivity contribution >= 4 is 71.0 Å². The molecule has 0 atom stereocenters. The van der Waals surface area contributed by atoms with Crippen molar-refractivity contribution in [1.29, 1.82) is 0 Å². The topological polar surface area (TPSA) is 232 Å². The number of hydrogen-bond donors (Lipinski definition) is 3. The molecule has 5 N–H and O–H groups in total. The number of carbonyl (C=O) groups is 2. The van der Waals surface area contributed by atoms with E-state index in [1.807, 2.05) is 0 Å². The number of aromatic nitrogens is 3. The average Bonchev–Trinajstić information content (AvgIpc) is 2.85. The second-order valence-electron chi connectivity index (χ2n) is 6.21. The number of anilines is 2. The highest BCUT2D eigenvalue weighted by Gasteiger charge is 2.21. The van der Waals surface area contributed by atoms with Gasteiger partial charge in [0.25, 0.3) is 5.69 Å². The highest BCUT2D eigenvalue weighted by atomic mass is 35.5. The largest absolute Gasteiger partial charge is 0.450 e. The summed E-state index contributed by atoms with van der Waals surface area (Å²) in [4.78, 5) is 53.0. The zero-order valence-corrected chi connectivity index (χ0v) is 21.9. The number of Topliss-reactive ketones (excluding diaryl/α,β-unsaturated/α-hetero) is 1. The van der Waals surface area contributed by atoms with E-state index in [-0.39, 0.29) is 62.7 Å². The molecule has 0 saturated heterocycles. The minimum atomic E-state index is -0.760. The summed E-state index contributed by atoms with van der Waals surface area (Å²) in [6.45, 7) is 1.38. The summed E-state index contributed by atoms with van der Waals surface area (Å²) in [5, 5.41) is 23.1. The highest BCUT2D eigenvalue weighted by molar-refractivity contribution is 6.32. The molecule has 0 fully saturated rings. The SMILES string of the molecule is C.C.CCOC(=O)NCC(=O)c1ncccc1[N+](=O)[O-].Cl.Cl.Nc1ccncc1N.O=[N+]([O-])c1cnccc1Cl. The van der Waals surface area contributed by atoms with Crippen LogP contribution >= 0.6 is 36.4 Å². The van der Waals surface area contributed by atoms with Crippen LogP contribution in [0.25, 0.3) is 0 Å². The third-order valence-corrected chi connectivity index (χ3v) is 4.07. The van der Waals surface area contributed by atoms with Crippen molar-refractivity contribution in [1.82, 2.24) is 20.3 Å². The number of pyridine rings is 3. The fraction of sp³-hybridized carbons (Fsp3) is 0.227. The van der Waals surface area contributed by atoms with Gasteiger partial charge in [0.15, 0.2) is 5.69 Å². The number of rotatable bonds is 6. The number of nitrogens with two attached hydrogens (primary N) is 2. The molecule has 0 aliphatic rings. The molecule has 0 aromatic carbocycles. The lowest BCUT2D eigenvalue weighted by Gasteiger charge is -2.04. The number of hydrogen-bond acceptors (Lipinski definition) is 12. The molecule has 3 rings (SSSR count). The summed E-state index contributed by atoms with van der Waals surface area (Å²) in [6.07, 6.45) is 6.15. The van der Waals surface area contributed by atoms with Gasteiger partial charge in [-0.3, -0.25) is 35.0 Å². The lowest BCUT2D eigenvalue weighted by atomic mass is 10.2. The molecule has 0 saturated carbocycles. The van der Waals surface area contributed by atoms with Gasteiger partial charge in [0.05, 0.1) is 40.6 Å². The molecule has 0 spiro atoms.